The molecule has 1 heterocycles. The van der Waals surface area contributed by atoms with Crippen molar-refractivity contribution in [2.75, 3.05) is 32.8 Å². The van der Waals surface area contributed by atoms with E-state index in [-0.39, 0.29) is 0 Å². The SMILES string of the molecule is CCCC(CC)NCCN1CCOCC1C. The van der Waals surface area contributed by atoms with Gasteiger partial charge in [-0.05, 0) is 19.8 Å². The molecule has 3 nitrogen and oxygen atoms in total. The van der Waals surface area contributed by atoms with E-state index >= 15 is 0 Å². The molecule has 0 aliphatic carbocycles. The van der Waals surface area contributed by atoms with Crippen LogP contribution in [0.1, 0.15) is 40.0 Å². The van der Waals surface area contributed by atoms with E-state index in [1.165, 1.54) is 19.3 Å². The van der Waals surface area contributed by atoms with Crippen LogP contribution in [-0.2, 0) is 4.74 Å². The maximum absolute atomic E-state index is 5.44. The zero-order chi connectivity index (χ0) is 11.8. The molecule has 1 N–H and O–H groups in total. The van der Waals surface area contributed by atoms with Gasteiger partial charge in [-0.25, -0.2) is 0 Å². The molecule has 0 spiro atoms. The van der Waals surface area contributed by atoms with Crippen molar-refractivity contribution in [3.8, 4) is 0 Å². The average Bonchev–Trinajstić information content (AvgIpc) is 2.30. The summed E-state index contributed by atoms with van der Waals surface area (Å²) < 4.78 is 5.44. The molecule has 3 heteroatoms. The highest BCUT2D eigenvalue weighted by Crippen LogP contribution is 2.05. The number of morpholine rings is 1. The molecule has 0 aromatic rings. The lowest BCUT2D eigenvalue weighted by atomic mass is 10.1. The average molecular weight is 228 g/mol. The van der Waals surface area contributed by atoms with Gasteiger partial charge in [0.1, 0.15) is 0 Å². The predicted molar refractivity (Wildman–Crippen MR) is 68.8 cm³/mol. The first-order valence-corrected chi connectivity index (χ1v) is 6.83. The first-order chi connectivity index (χ1) is 7.77. The second kappa shape index (κ2) is 8.04. The summed E-state index contributed by atoms with van der Waals surface area (Å²) in [5, 5.41) is 3.66. The van der Waals surface area contributed by atoms with E-state index < -0.39 is 0 Å². The Kier molecular flexibility index (Phi) is 7.01. The Morgan fingerprint density at radius 1 is 1.44 bits per heavy atom. The molecule has 0 aromatic carbocycles. The van der Waals surface area contributed by atoms with Gasteiger partial charge in [0.05, 0.1) is 13.2 Å². The van der Waals surface area contributed by atoms with Crippen molar-refractivity contribution in [1.82, 2.24) is 10.2 Å². The van der Waals surface area contributed by atoms with Gasteiger partial charge in [-0.2, -0.15) is 0 Å². The van der Waals surface area contributed by atoms with Crippen LogP contribution in [0.5, 0.6) is 0 Å². The van der Waals surface area contributed by atoms with Crippen LogP contribution in [-0.4, -0.2) is 49.8 Å². The van der Waals surface area contributed by atoms with Crippen molar-refractivity contribution in [2.45, 2.75) is 52.1 Å². The highest BCUT2D eigenvalue weighted by molar-refractivity contribution is 4.73. The molecular weight excluding hydrogens is 200 g/mol. The fourth-order valence-electron chi connectivity index (χ4n) is 2.30. The van der Waals surface area contributed by atoms with Crippen molar-refractivity contribution in [3.63, 3.8) is 0 Å². The number of hydrogen-bond acceptors (Lipinski definition) is 3. The largest absolute Gasteiger partial charge is 0.379 e. The smallest absolute Gasteiger partial charge is 0.0619 e. The molecule has 96 valence electrons. The Bertz CT molecular complexity index is 175. The third-order valence-electron chi connectivity index (χ3n) is 3.47. The lowest BCUT2D eigenvalue weighted by Gasteiger charge is -2.33. The minimum Gasteiger partial charge on any atom is -0.379 e. The molecule has 0 saturated carbocycles. The predicted octanol–water partition coefficient (Wildman–Crippen LogP) is 1.88. The third kappa shape index (κ3) is 4.81. The zero-order valence-electron chi connectivity index (χ0n) is 11.2. The molecular formula is C13H28N2O. The quantitative estimate of drug-likeness (QED) is 0.720. The summed E-state index contributed by atoms with van der Waals surface area (Å²) in [4.78, 5) is 2.52. The molecule has 0 amide bonds. The summed E-state index contributed by atoms with van der Waals surface area (Å²) in [6.45, 7) is 11.9. The number of ether oxygens (including phenoxy) is 1. The fourth-order valence-corrected chi connectivity index (χ4v) is 2.30. The molecule has 0 radical (unpaired) electrons. The Morgan fingerprint density at radius 2 is 2.25 bits per heavy atom. The van der Waals surface area contributed by atoms with Gasteiger partial charge >= 0.3 is 0 Å². The van der Waals surface area contributed by atoms with E-state index in [4.69, 9.17) is 4.74 Å². The van der Waals surface area contributed by atoms with Crippen molar-refractivity contribution in [2.24, 2.45) is 0 Å². The van der Waals surface area contributed by atoms with E-state index in [9.17, 15) is 0 Å². The molecule has 1 fully saturated rings. The van der Waals surface area contributed by atoms with Gasteiger partial charge < -0.3 is 10.1 Å². The topological polar surface area (TPSA) is 24.5 Å². The van der Waals surface area contributed by atoms with Gasteiger partial charge in [-0.3, -0.25) is 4.90 Å². The van der Waals surface area contributed by atoms with Crippen LogP contribution < -0.4 is 5.32 Å². The molecule has 0 aromatic heterocycles. The molecule has 0 bridgehead atoms. The first kappa shape index (κ1) is 13.9. The molecule has 1 saturated heterocycles. The minimum atomic E-state index is 0.585. The van der Waals surface area contributed by atoms with Gasteiger partial charge in [-0.1, -0.05) is 20.3 Å². The minimum absolute atomic E-state index is 0.585. The molecule has 1 rings (SSSR count). The second-order valence-corrected chi connectivity index (χ2v) is 4.81. The fraction of sp³-hybridized carbons (Fsp3) is 1.00. The van der Waals surface area contributed by atoms with Gasteiger partial charge in [0.15, 0.2) is 0 Å². The number of rotatable bonds is 7. The number of hydrogen-bond donors (Lipinski definition) is 1. The number of nitrogens with one attached hydrogen (secondary N) is 1. The molecule has 2 atom stereocenters. The standard InChI is InChI=1S/C13H28N2O/c1-4-6-13(5-2)14-7-8-15-9-10-16-11-12(15)3/h12-14H,4-11H2,1-3H3. The van der Waals surface area contributed by atoms with Crippen molar-refractivity contribution in [3.05, 3.63) is 0 Å². The van der Waals surface area contributed by atoms with Crippen molar-refractivity contribution >= 4 is 0 Å². The van der Waals surface area contributed by atoms with Crippen LogP contribution in [0, 0.1) is 0 Å². The van der Waals surface area contributed by atoms with Crippen LogP contribution in [0.25, 0.3) is 0 Å². The van der Waals surface area contributed by atoms with Crippen molar-refractivity contribution < 1.29 is 4.74 Å². The Hall–Kier alpha value is -0.120. The Balaban J connectivity index is 2.13. The van der Waals surface area contributed by atoms with E-state index in [2.05, 4.69) is 31.0 Å². The maximum Gasteiger partial charge on any atom is 0.0619 e. The van der Waals surface area contributed by atoms with E-state index in [1.807, 2.05) is 0 Å². The van der Waals surface area contributed by atoms with Crippen LogP contribution >= 0.6 is 0 Å². The van der Waals surface area contributed by atoms with E-state index in [0.717, 1.165) is 32.8 Å². The number of nitrogens with zero attached hydrogens (tertiary/aromatic N) is 1. The first-order valence-electron chi connectivity index (χ1n) is 6.83. The summed E-state index contributed by atoms with van der Waals surface area (Å²) in [5.74, 6) is 0. The summed E-state index contributed by atoms with van der Waals surface area (Å²) in [6, 6.07) is 1.29. The Labute approximate surface area is 101 Å². The van der Waals surface area contributed by atoms with Gasteiger partial charge in [0, 0.05) is 31.7 Å². The van der Waals surface area contributed by atoms with Crippen LogP contribution in [0.4, 0.5) is 0 Å². The van der Waals surface area contributed by atoms with Gasteiger partial charge in [0.2, 0.25) is 0 Å². The summed E-state index contributed by atoms with van der Waals surface area (Å²) in [5.41, 5.74) is 0. The lowest BCUT2D eigenvalue weighted by Crippen LogP contribution is -2.47. The normalized spacial score (nSPS) is 24.6. The summed E-state index contributed by atoms with van der Waals surface area (Å²) in [7, 11) is 0. The highest BCUT2D eigenvalue weighted by Gasteiger charge is 2.18. The van der Waals surface area contributed by atoms with Crippen LogP contribution in [0.2, 0.25) is 0 Å². The highest BCUT2D eigenvalue weighted by atomic mass is 16.5. The molecule has 2 unspecified atom stereocenters. The molecule has 1 aliphatic heterocycles. The lowest BCUT2D eigenvalue weighted by molar-refractivity contribution is 0.000125. The monoisotopic (exact) mass is 228 g/mol. The van der Waals surface area contributed by atoms with Crippen LogP contribution in [0.15, 0.2) is 0 Å². The van der Waals surface area contributed by atoms with Crippen LogP contribution in [0.3, 0.4) is 0 Å². The van der Waals surface area contributed by atoms with E-state index in [1.54, 1.807) is 0 Å². The molecule has 16 heavy (non-hydrogen) atoms. The summed E-state index contributed by atoms with van der Waals surface area (Å²) >= 11 is 0. The zero-order valence-corrected chi connectivity index (χ0v) is 11.2. The third-order valence-corrected chi connectivity index (χ3v) is 3.47. The maximum atomic E-state index is 5.44. The summed E-state index contributed by atoms with van der Waals surface area (Å²) in [6.07, 6.45) is 3.82. The van der Waals surface area contributed by atoms with Crippen molar-refractivity contribution in [1.29, 1.82) is 0 Å². The second-order valence-electron chi connectivity index (χ2n) is 4.81. The van der Waals surface area contributed by atoms with Gasteiger partial charge in [0.25, 0.3) is 0 Å². The van der Waals surface area contributed by atoms with Gasteiger partial charge in [-0.15, -0.1) is 0 Å². The molecule has 1 aliphatic rings. The van der Waals surface area contributed by atoms with E-state index in [0.29, 0.717) is 12.1 Å². The Morgan fingerprint density at radius 3 is 2.88 bits per heavy atom.